The molecule has 56 heavy (non-hydrogen) atoms. The molecule has 1 fully saturated rings. The fourth-order valence-electron chi connectivity index (χ4n) is 5.62. The highest BCUT2D eigenvalue weighted by Crippen LogP contribution is 2.48. The van der Waals surface area contributed by atoms with Crippen LogP contribution in [0.3, 0.4) is 0 Å². The number of hydrogen-bond acceptors (Lipinski definition) is 13. The van der Waals surface area contributed by atoms with Crippen molar-refractivity contribution >= 4 is 38.4 Å². The summed E-state index contributed by atoms with van der Waals surface area (Å²) in [5, 5.41) is 12.7. The number of esters is 3. The maximum atomic E-state index is 12.0. The number of allylic oxidation sites excluding steroid dienone is 2. The van der Waals surface area contributed by atoms with Crippen molar-refractivity contribution in [2.45, 2.75) is 107 Å². The molecule has 18 heteroatoms. The Morgan fingerprint density at radius 3 is 1.89 bits per heavy atom. The molecule has 17 nitrogen and oxygen atoms in total. The lowest BCUT2D eigenvalue weighted by Gasteiger charge is -2.27. The molecule has 3 rings (SSSR count). The minimum Gasteiger partial charge on any atom is -0.466 e. The van der Waals surface area contributed by atoms with Crippen LogP contribution >= 0.6 is 0 Å². The monoisotopic (exact) mass is 804 g/mol. The Morgan fingerprint density at radius 1 is 1.00 bits per heavy atom. The van der Waals surface area contributed by atoms with Gasteiger partial charge in [-0.25, -0.2) is 4.79 Å². The molecule has 1 aliphatic heterocycles. The second-order valence-corrected chi connectivity index (χ2v) is 17.7. The SMILES string of the molecule is C.C=CCC(CC)(CC=C)C(=O)OCC.CCOC(=O)C1(CC)C[C@@H](CN=[N+]=[N-])[C@@H](C)C1.C[Si](C)(C)N=[N+]=[N-].O=C1OC(O)c2ccccc21.O=C=O.O=C=O. The number of benzene rings is 1. The lowest BCUT2D eigenvalue weighted by molar-refractivity contribution is -0.193. The van der Waals surface area contributed by atoms with Crippen LogP contribution in [0.1, 0.15) is 103 Å². The molecule has 1 saturated carbocycles. The molecule has 0 bridgehead atoms. The number of nitrogens with zero attached hydrogens (tertiary/aromatic N) is 6. The Labute approximate surface area is 331 Å². The zero-order valence-electron chi connectivity index (χ0n) is 33.2. The van der Waals surface area contributed by atoms with Crippen molar-refractivity contribution in [1.82, 2.24) is 0 Å². The van der Waals surface area contributed by atoms with Crippen molar-refractivity contribution in [3.63, 3.8) is 0 Å². The molecule has 1 heterocycles. The second-order valence-electron chi connectivity index (χ2n) is 13.1. The number of aliphatic hydroxyl groups is 1. The summed E-state index contributed by atoms with van der Waals surface area (Å²) in [5.74, 6) is 0.0355. The van der Waals surface area contributed by atoms with Crippen LogP contribution in [0.2, 0.25) is 19.6 Å². The van der Waals surface area contributed by atoms with E-state index in [-0.39, 0.29) is 37.1 Å². The van der Waals surface area contributed by atoms with Gasteiger partial charge in [0.05, 0.1) is 29.6 Å². The van der Waals surface area contributed by atoms with Crippen LogP contribution in [-0.2, 0) is 43.0 Å². The van der Waals surface area contributed by atoms with Gasteiger partial charge in [0.1, 0.15) is 8.24 Å². The van der Waals surface area contributed by atoms with Crippen molar-refractivity contribution in [2.75, 3.05) is 19.8 Å². The van der Waals surface area contributed by atoms with E-state index >= 15 is 0 Å². The van der Waals surface area contributed by atoms with E-state index in [1.807, 2.05) is 47.3 Å². The number of hydrogen-bond donors (Lipinski definition) is 1. The number of azide groups is 2. The van der Waals surface area contributed by atoms with Gasteiger partial charge in [0.2, 0.25) is 6.29 Å². The van der Waals surface area contributed by atoms with Crippen LogP contribution in [0.5, 0.6) is 0 Å². The van der Waals surface area contributed by atoms with E-state index in [1.54, 1.807) is 36.4 Å². The number of cyclic esters (lactones) is 1. The maximum absolute atomic E-state index is 12.0. The highest BCUT2D eigenvalue weighted by Gasteiger charge is 2.48. The van der Waals surface area contributed by atoms with Crippen LogP contribution in [-0.4, -0.2) is 63.3 Å². The lowest BCUT2D eigenvalue weighted by atomic mass is 9.79. The van der Waals surface area contributed by atoms with Gasteiger partial charge in [-0.3, -0.25) is 9.59 Å². The maximum Gasteiger partial charge on any atom is 0.373 e. The Morgan fingerprint density at radius 2 is 1.52 bits per heavy atom. The van der Waals surface area contributed by atoms with Crippen molar-refractivity contribution in [3.8, 4) is 0 Å². The van der Waals surface area contributed by atoms with Gasteiger partial charge in [-0.15, -0.1) is 17.9 Å². The van der Waals surface area contributed by atoms with Crippen LogP contribution in [0.4, 0.5) is 0 Å². The summed E-state index contributed by atoms with van der Waals surface area (Å²) in [6, 6.07) is 6.79. The minimum atomic E-state index is -1.45. The van der Waals surface area contributed by atoms with Gasteiger partial charge < -0.3 is 19.3 Å². The van der Waals surface area contributed by atoms with Crippen LogP contribution in [0.15, 0.2) is 59.5 Å². The van der Waals surface area contributed by atoms with E-state index in [0.29, 0.717) is 55.6 Å². The van der Waals surface area contributed by atoms with E-state index in [1.165, 1.54) is 0 Å². The van der Waals surface area contributed by atoms with Gasteiger partial charge in [-0.05, 0) is 86.2 Å². The number of rotatable bonds is 13. The molecule has 1 aromatic rings. The summed E-state index contributed by atoms with van der Waals surface area (Å²) in [6.45, 7) is 24.5. The molecule has 2 unspecified atom stereocenters. The molecule has 1 N–H and O–H groups in total. The number of carbonyl (C=O) groups is 3. The third kappa shape index (κ3) is 21.5. The predicted molar refractivity (Wildman–Crippen MR) is 210 cm³/mol. The summed E-state index contributed by atoms with van der Waals surface area (Å²) in [4.78, 5) is 72.7. The highest BCUT2D eigenvalue weighted by molar-refractivity contribution is 6.74. The predicted octanol–water partition coefficient (Wildman–Crippen LogP) is 8.85. The normalized spacial score (nSPS) is 18.1. The second kappa shape index (κ2) is 32.0. The van der Waals surface area contributed by atoms with Gasteiger partial charge in [-0.1, -0.05) is 83.3 Å². The smallest absolute Gasteiger partial charge is 0.373 e. The van der Waals surface area contributed by atoms with E-state index in [2.05, 4.69) is 44.5 Å². The summed E-state index contributed by atoms with van der Waals surface area (Å²) in [6.07, 6.45) is 7.43. The molecule has 0 radical (unpaired) electrons. The van der Waals surface area contributed by atoms with Crippen molar-refractivity contribution in [1.29, 1.82) is 0 Å². The average Bonchev–Trinajstić information content (AvgIpc) is 3.63. The average molecular weight is 805 g/mol. The van der Waals surface area contributed by atoms with E-state index in [4.69, 9.17) is 44.8 Å². The summed E-state index contributed by atoms with van der Waals surface area (Å²) in [5.41, 5.74) is 16.5. The van der Waals surface area contributed by atoms with Crippen LogP contribution in [0.25, 0.3) is 20.9 Å². The van der Waals surface area contributed by atoms with Gasteiger partial charge in [0, 0.05) is 17.0 Å². The minimum absolute atomic E-state index is 0. The third-order valence-electron chi connectivity index (χ3n) is 8.40. The standard InChI is InChI=1S/C12H21N3O2.C12H20O2.C8H6O3.C3H9N3Si.2CO2.CH4/c1-4-12(11(16)17-5-2)6-9(3)10(7-12)8-14-15-13;1-5-9-12(7-3,10-6-2)11(13)14-8-4;9-7-5-3-1-2-4-6(5)8(10)11-7;1-7(2,3)6-5-4;2*2-1-3;/h9-10H,4-8H2,1-3H3;5-6H,1-2,7-10H2,3-4H3;1-4,7,9H;1-3H3;;;1H4/t9-,10-,12?;;;;;;/m0....../s1. The van der Waals surface area contributed by atoms with E-state index < -0.39 is 25.9 Å². The number of ether oxygens (including phenoxy) is 3. The summed E-state index contributed by atoms with van der Waals surface area (Å²) < 4.78 is 18.4. The van der Waals surface area contributed by atoms with Gasteiger partial charge in [-0.2, -0.15) is 19.2 Å². The molecule has 0 saturated heterocycles. The zero-order valence-corrected chi connectivity index (χ0v) is 34.2. The van der Waals surface area contributed by atoms with Gasteiger partial charge >= 0.3 is 30.2 Å². The zero-order chi connectivity index (χ0) is 43.1. The Hall–Kier alpha value is -5.33. The molecule has 0 amide bonds. The first kappa shape index (κ1) is 57.4. The summed E-state index contributed by atoms with van der Waals surface area (Å²) in [7, 11) is -1.45. The highest BCUT2D eigenvalue weighted by atomic mass is 28.3. The quantitative estimate of drug-likeness (QED) is 0.0374. The molecule has 4 atom stereocenters. The van der Waals surface area contributed by atoms with Gasteiger partial charge in [0.15, 0.2) is 0 Å². The van der Waals surface area contributed by atoms with Gasteiger partial charge in [0.25, 0.3) is 0 Å². The first-order valence-electron chi connectivity index (χ1n) is 17.5. The fourth-order valence-corrected chi connectivity index (χ4v) is 5.89. The van der Waals surface area contributed by atoms with E-state index in [0.717, 1.165) is 25.7 Å². The number of carbonyl (C=O) groups excluding carboxylic acids is 7. The number of aliphatic hydroxyl groups excluding tert-OH is 1. The summed E-state index contributed by atoms with van der Waals surface area (Å²) >= 11 is 0. The Balaban J connectivity index is -0.000000315. The lowest BCUT2D eigenvalue weighted by Crippen LogP contribution is -2.31. The molecule has 1 aromatic carbocycles. The molecule has 312 valence electrons. The number of fused-ring (bicyclic) bond motifs is 1. The Kier molecular flexibility index (Phi) is 32.8. The molecular formula is C38H60N6O11Si. The molecule has 1 aliphatic carbocycles. The van der Waals surface area contributed by atoms with E-state index in [9.17, 15) is 14.4 Å². The van der Waals surface area contributed by atoms with Crippen molar-refractivity contribution < 1.29 is 52.9 Å². The molecule has 2 aliphatic rings. The first-order valence-corrected chi connectivity index (χ1v) is 21.0. The molecule has 0 spiro atoms. The van der Waals surface area contributed by atoms with Crippen molar-refractivity contribution in [2.24, 2.45) is 32.6 Å². The largest absolute Gasteiger partial charge is 0.466 e. The third-order valence-corrected chi connectivity index (χ3v) is 9.09. The first-order chi connectivity index (χ1) is 25.9. The fraction of sp³-hybridized carbons (Fsp3) is 0.605. The van der Waals surface area contributed by atoms with Crippen LogP contribution in [0, 0.1) is 22.7 Å². The van der Waals surface area contributed by atoms with Crippen LogP contribution < -0.4 is 0 Å². The topological polar surface area (TPSA) is 265 Å². The van der Waals surface area contributed by atoms with Crippen molar-refractivity contribution in [3.05, 3.63) is 81.6 Å². The Bertz CT molecular complexity index is 1500. The molecule has 0 aromatic heterocycles. The molecular weight excluding hydrogens is 745 g/mol.